The van der Waals surface area contributed by atoms with Crippen molar-refractivity contribution < 1.29 is 4.79 Å². The van der Waals surface area contributed by atoms with Gasteiger partial charge in [-0.15, -0.1) is 11.8 Å². The Morgan fingerprint density at radius 3 is 1.61 bits per heavy atom. The molecule has 3 aromatic rings. The highest BCUT2D eigenvalue weighted by atomic mass is 79.9. The van der Waals surface area contributed by atoms with Crippen LogP contribution in [0.2, 0.25) is 0 Å². The summed E-state index contributed by atoms with van der Waals surface area (Å²) in [6, 6.07) is 32.6. The molecule has 0 bridgehead atoms. The van der Waals surface area contributed by atoms with Crippen LogP contribution in [0, 0.1) is 0 Å². The molecule has 3 aromatic carbocycles. The lowest BCUT2D eigenvalue weighted by Gasteiger charge is -2.35. The van der Waals surface area contributed by atoms with Gasteiger partial charge in [0.1, 0.15) is 0 Å². The molecule has 3 rings (SSSR count). The molecule has 0 radical (unpaired) electrons. The molecule has 0 heterocycles. The lowest BCUT2D eigenvalue weighted by Crippen LogP contribution is -2.26. The molecule has 162 valence electrons. The Morgan fingerprint density at radius 1 is 0.710 bits per heavy atom. The molecule has 0 atom stereocenters. The van der Waals surface area contributed by atoms with E-state index < -0.39 is 0 Å². The number of nitrogens with one attached hydrogen (secondary N) is 1. The number of carbonyl (C=O) groups excluding carboxylic acids is 1. The van der Waals surface area contributed by atoms with Gasteiger partial charge >= 0.3 is 0 Å². The van der Waals surface area contributed by atoms with Crippen molar-refractivity contribution >= 4 is 33.6 Å². The Bertz CT molecular complexity index is 806. The number of thioether (sulfide) groups is 1. The number of hydrogen-bond donors (Lipinski definition) is 1. The van der Waals surface area contributed by atoms with E-state index in [1.165, 1.54) is 23.1 Å². The van der Waals surface area contributed by atoms with Gasteiger partial charge in [-0.05, 0) is 35.3 Å². The van der Waals surface area contributed by atoms with Crippen molar-refractivity contribution in [3.63, 3.8) is 0 Å². The van der Waals surface area contributed by atoms with Crippen LogP contribution >= 0.6 is 27.7 Å². The number of rotatable bonds is 12. The van der Waals surface area contributed by atoms with Gasteiger partial charge in [0.25, 0.3) is 0 Å². The first kappa shape index (κ1) is 23.6. The summed E-state index contributed by atoms with van der Waals surface area (Å²) in [5.41, 5.74) is 3.94. The third kappa shape index (κ3) is 6.47. The molecule has 0 spiro atoms. The van der Waals surface area contributed by atoms with Crippen LogP contribution in [0.3, 0.4) is 0 Å². The van der Waals surface area contributed by atoms with Gasteiger partial charge < -0.3 is 5.32 Å². The van der Waals surface area contributed by atoms with Crippen molar-refractivity contribution in [3.05, 3.63) is 108 Å². The summed E-state index contributed by atoms with van der Waals surface area (Å²) >= 11 is 5.20. The summed E-state index contributed by atoms with van der Waals surface area (Å²) < 4.78 is -0.229. The zero-order valence-corrected chi connectivity index (χ0v) is 20.2. The minimum atomic E-state index is -0.229. The van der Waals surface area contributed by atoms with Crippen LogP contribution in [0.25, 0.3) is 0 Å². The third-order valence-corrected chi connectivity index (χ3v) is 7.52. The molecule has 1 N–H and O–H groups in total. The quantitative estimate of drug-likeness (QED) is 0.170. The fourth-order valence-corrected chi connectivity index (χ4v) is 5.61. The molecule has 4 heteroatoms. The maximum absolute atomic E-state index is 11.3. The molecule has 0 aliphatic rings. The van der Waals surface area contributed by atoms with Crippen molar-refractivity contribution in [1.82, 2.24) is 5.32 Å². The van der Waals surface area contributed by atoms with Crippen molar-refractivity contribution in [1.29, 1.82) is 0 Å². The van der Waals surface area contributed by atoms with Crippen LogP contribution in [0.5, 0.6) is 0 Å². The molecule has 0 saturated heterocycles. The van der Waals surface area contributed by atoms with Gasteiger partial charge in [-0.2, -0.15) is 0 Å². The van der Waals surface area contributed by atoms with E-state index in [1.807, 2.05) is 11.8 Å². The molecule has 0 fully saturated rings. The standard InChI is InChI=1S/C27H30BrNOS/c28-22-26(30)29-20-12-1-2-13-21-31-27(23-14-6-3-7-15-23,24-16-8-4-9-17-24)25-18-10-5-11-19-25/h3-11,14-19H,1-2,12-13,20-22H2,(H,29,30). The van der Waals surface area contributed by atoms with Crippen LogP contribution in [-0.4, -0.2) is 23.5 Å². The van der Waals surface area contributed by atoms with Gasteiger partial charge in [0, 0.05) is 6.54 Å². The highest BCUT2D eigenvalue weighted by molar-refractivity contribution is 9.09. The van der Waals surface area contributed by atoms with E-state index in [0.717, 1.165) is 31.6 Å². The number of alkyl halides is 1. The van der Waals surface area contributed by atoms with Gasteiger partial charge in [-0.3, -0.25) is 4.79 Å². The highest BCUT2D eigenvalue weighted by Gasteiger charge is 2.36. The Labute approximate surface area is 199 Å². The Hall–Kier alpha value is -2.04. The van der Waals surface area contributed by atoms with Crippen molar-refractivity contribution in [2.75, 3.05) is 17.6 Å². The molecule has 0 aliphatic heterocycles. The largest absolute Gasteiger partial charge is 0.355 e. The summed E-state index contributed by atoms with van der Waals surface area (Å²) in [6.45, 7) is 0.763. The summed E-state index contributed by atoms with van der Waals surface area (Å²) in [5, 5.41) is 3.30. The van der Waals surface area contributed by atoms with E-state index in [4.69, 9.17) is 0 Å². The Kier molecular flexibility index (Phi) is 9.70. The predicted octanol–water partition coefficient (Wildman–Crippen LogP) is 6.78. The number of benzene rings is 3. The van der Waals surface area contributed by atoms with Crippen LogP contribution in [-0.2, 0) is 9.54 Å². The third-order valence-electron chi connectivity index (χ3n) is 5.37. The van der Waals surface area contributed by atoms with Crippen molar-refractivity contribution in [2.45, 2.75) is 30.4 Å². The maximum atomic E-state index is 11.3. The van der Waals surface area contributed by atoms with Crippen molar-refractivity contribution in [2.24, 2.45) is 0 Å². The summed E-state index contributed by atoms with van der Waals surface area (Å²) in [7, 11) is 0. The molecule has 0 aliphatic carbocycles. The van der Waals surface area contributed by atoms with Crippen LogP contribution in [0.4, 0.5) is 0 Å². The molecule has 0 unspecified atom stereocenters. The second-order valence-electron chi connectivity index (χ2n) is 7.53. The maximum Gasteiger partial charge on any atom is 0.230 e. The molecule has 2 nitrogen and oxygen atoms in total. The van der Waals surface area contributed by atoms with Gasteiger partial charge in [0.05, 0.1) is 10.1 Å². The van der Waals surface area contributed by atoms with Crippen LogP contribution in [0.1, 0.15) is 42.4 Å². The zero-order valence-electron chi connectivity index (χ0n) is 17.8. The molecule has 0 aromatic heterocycles. The number of hydrogen-bond acceptors (Lipinski definition) is 2. The number of halogens is 1. The minimum absolute atomic E-state index is 0.0638. The number of carbonyl (C=O) groups is 1. The van der Waals surface area contributed by atoms with E-state index >= 15 is 0 Å². The average Bonchev–Trinajstić information content (AvgIpc) is 2.85. The number of unbranched alkanes of at least 4 members (excludes halogenated alkanes) is 3. The van der Waals surface area contributed by atoms with E-state index in [9.17, 15) is 4.79 Å². The van der Waals surface area contributed by atoms with E-state index in [-0.39, 0.29) is 10.7 Å². The molecular weight excluding hydrogens is 466 g/mol. The smallest absolute Gasteiger partial charge is 0.230 e. The second kappa shape index (κ2) is 12.7. The molecular formula is C27H30BrNOS. The van der Waals surface area contributed by atoms with Gasteiger partial charge in [-0.25, -0.2) is 0 Å². The normalized spacial score (nSPS) is 11.3. The van der Waals surface area contributed by atoms with Crippen LogP contribution < -0.4 is 5.32 Å². The number of amides is 1. The first-order chi connectivity index (χ1) is 15.3. The van der Waals surface area contributed by atoms with Gasteiger partial charge in [0.15, 0.2) is 0 Å². The molecule has 0 saturated carbocycles. The first-order valence-electron chi connectivity index (χ1n) is 10.9. The van der Waals surface area contributed by atoms with E-state index in [0.29, 0.717) is 5.33 Å². The van der Waals surface area contributed by atoms with Gasteiger partial charge in [-0.1, -0.05) is 120 Å². The fraction of sp³-hybridized carbons (Fsp3) is 0.296. The fourth-order valence-electron chi connectivity index (χ4n) is 3.85. The lowest BCUT2D eigenvalue weighted by molar-refractivity contribution is -0.118. The van der Waals surface area contributed by atoms with E-state index in [2.05, 4.69) is 112 Å². The SMILES string of the molecule is O=C(CBr)NCCCCCCSC(c1ccccc1)(c1ccccc1)c1ccccc1. The summed E-state index contributed by atoms with van der Waals surface area (Å²) in [6.07, 6.45) is 4.50. The second-order valence-corrected chi connectivity index (χ2v) is 9.40. The Balaban J connectivity index is 1.74. The lowest BCUT2D eigenvalue weighted by atomic mass is 9.84. The topological polar surface area (TPSA) is 29.1 Å². The average molecular weight is 497 g/mol. The molecule has 31 heavy (non-hydrogen) atoms. The molecule has 1 amide bonds. The first-order valence-corrected chi connectivity index (χ1v) is 13.0. The summed E-state index contributed by atoms with van der Waals surface area (Å²) in [4.78, 5) is 11.3. The minimum Gasteiger partial charge on any atom is -0.355 e. The van der Waals surface area contributed by atoms with Gasteiger partial charge in [0.2, 0.25) is 5.91 Å². The zero-order chi connectivity index (χ0) is 21.8. The summed E-state index contributed by atoms with van der Waals surface area (Å²) in [5.74, 6) is 1.14. The van der Waals surface area contributed by atoms with E-state index in [1.54, 1.807) is 0 Å². The van der Waals surface area contributed by atoms with Crippen molar-refractivity contribution in [3.8, 4) is 0 Å². The monoisotopic (exact) mass is 495 g/mol. The highest BCUT2D eigenvalue weighted by Crippen LogP contribution is 2.48. The van der Waals surface area contributed by atoms with Crippen LogP contribution in [0.15, 0.2) is 91.0 Å². The Morgan fingerprint density at radius 2 is 1.16 bits per heavy atom. The predicted molar refractivity (Wildman–Crippen MR) is 137 cm³/mol.